The Morgan fingerprint density at radius 3 is 2.71 bits per heavy atom. The molecule has 1 saturated carbocycles. The predicted octanol–water partition coefficient (Wildman–Crippen LogP) is 1.95. The molecule has 0 spiro atoms. The monoisotopic (exact) mass is 330 g/mol. The molecule has 6 heteroatoms. The smallest absolute Gasteiger partial charge is 0.336 e. The highest BCUT2D eigenvalue weighted by Crippen LogP contribution is 2.21. The molecule has 24 heavy (non-hydrogen) atoms. The Balaban J connectivity index is 1.62. The molecule has 3 rings (SSSR count). The molecule has 6 nitrogen and oxygen atoms in total. The van der Waals surface area contributed by atoms with Gasteiger partial charge >= 0.3 is 5.63 Å². The van der Waals surface area contributed by atoms with E-state index in [4.69, 9.17) is 14.9 Å². The van der Waals surface area contributed by atoms with Crippen LogP contribution in [0.15, 0.2) is 39.5 Å². The van der Waals surface area contributed by atoms with E-state index in [1.165, 1.54) is 6.07 Å². The van der Waals surface area contributed by atoms with Crippen molar-refractivity contribution >= 4 is 16.9 Å². The van der Waals surface area contributed by atoms with Crippen molar-refractivity contribution in [2.24, 2.45) is 5.73 Å². The normalized spacial score (nSPS) is 22.1. The Bertz CT molecular complexity index is 778. The summed E-state index contributed by atoms with van der Waals surface area (Å²) >= 11 is 0. The van der Waals surface area contributed by atoms with Gasteiger partial charge < -0.3 is 20.2 Å². The van der Waals surface area contributed by atoms with Gasteiger partial charge in [-0.15, -0.1) is 0 Å². The van der Waals surface area contributed by atoms with Crippen LogP contribution in [-0.4, -0.2) is 24.1 Å². The van der Waals surface area contributed by atoms with Crippen molar-refractivity contribution in [1.29, 1.82) is 0 Å². The van der Waals surface area contributed by atoms with E-state index in [0.717, 1.165) is 31.1 Å². The third kappa shape index (κ3) is 3.94. The van der Waals surface area contributed by atoms with Crippen molar-refractivity contribution in [3.8, 4) is 5.75 Å². The lowest BCUT2D eigenvalue weighted by molar-refractivity contribution is -0.128. The van der Waals surface area contributed by atoms with Gasteiger partial charge in [0.15, 0.2) is 6.10 Å². The summed E-state index contributed by atoms with van der Waals surface area (Å²) in [6.45, 7) is 1.70. The zero-order valence-electron chi connectivity index (χ0n) is 13.7. The summed E-state index contributed by atoms with van der Waals surface area (Å²) in [7, 11) is 0. The molecule has 1 fully saturated rings. The highest BCUT2D eigenvalue weighted by Gasteiger charge is 2.23. The SMILES string of the molecule is CC(Oc1ccc2ccc(=O)oc2c1)C(=O)NC1CCC(N)CC1. The summed E-state index contributed by atoms with van der Waals surface area (Å²) in [5, 5.41) is 3.82. The number of rotatable bonds is 4. The minimum Gasteiger partial charge on any atom is -0.481 e. The molecule has 1 heterocycles. The Morgan fingerprint density at radius 2 is 1.96 bits per heavy atom. The van der Waals surface area contributed by atoms with Gasteiger partial charge in [0, 0.05) is 29.6 Å². The fourth-order valence-electron chi connectivity index (χ4n) is 2.95. The van der Waals surface area contributed by atoms with E-state index in [0.29, 0.717) is 11.3 Å². The third-order valence-electron chi connectivity index (χ3n) is 4.39. The number of benzene rings is 1. The zero-order valence-corrected chi connectivity index (χ0v) is 13.7. The number of hydrogen-bond donors (Lipinski definition) is 2. The zero-order chi connectivity index (χ0) is 17.1. The van der Waals surface area contributed by atoms with Gasteiger partial charge in [0.25, 0.3) is 5.91 Å². The van der Waals surface area contributed by atoms with Crippen molar-refractivity contribution in [2.45, 2.75) is 50.8 Å². The lowest BCUT2D eigenvalue weighted by atomic mass is 9.92. The average Bonchev–Trinajstić information content (AvgIpc) is 2.56. The molecule has 1 amide bonds. The number of fused-ring (bicyclic) bond motifs is 1. The molecule has 3 N–H and O–H groups in total. The van der Waals surface area contributed by atoms with Gasteiger partial charge in [-0.05, 0) is 50.8 Å². The first-order valence-electron chi connectivity index (χ1n) is 8.28. The van der Waals surface area contributed by atoms with E-state index in [9.17, 15) is 9.59 Å². The van der Waals surface area contributed by atoms with Crippen molar-refractivity contribution < 1.29 is 13.9 Å². The van der Waals surface area contributed by atoms with Gasteiger partial charge in [-0.3, -0.25) is 4.79 Å². The fourth-order valence-corrected chi connectivity index (χ4v) is 2.95. The number of ether oxygens (including phenoxy) is 1. The lowest BCUT2D eigenvalue weighted by Gasteiger charge is -2.27. The van der Waals surface area contributed by atoms with Gasteiger partial charge in [-0.2, -0.15) is 0 Å². The molecule has 1 aliphatic rings. The van der Waals surface area contributed by atoms with E-state index in [-0.39, 0.29) is 18.0 Å². The topological polar surface area (TPSA) is 94.6 Å². The number of hydrogen-bond acceptors (Lipinski definition) is 5. The van der Waals surface area contributed by atoms with Crippen LogP contribution >= 0.6 is 0 Å². The van der Waals surface area contributed by atoms with Gasteiger partial charge in [0.1, 0.15) is 11.3 Å². The maximum atomic E-state index is 12.3. The molecule has 1 aliphatic carbocycles. The molecular formula is C18H22N2O4. The lowest BCUT2D eigenvalue weighted by Crippen LogP contribution is -2.45. The van der Waals surface area contributed by atoms with Crippen molar-refractivity contribution in [1.82, 2.24) is 5.32 Å². The van der Waals surface area contributed by atoms with Crippen LogP contribution in [0.25, 0.3) is 11.0 Å². The van der Waals surface area contributed by atoms with E-state index in [1.807, 2.05) is 0 Å². The van der Waals surface area contributed by atoms with Crippen LogP contribution in [0.2, 0.25) is 0 Å². The molecule has 1 unspecified atom stereocenters. The highest BCUT2D eigenvalue weighted by atomic mass is 16.5. The molecule has 1 aromatic heterocycles. The minimum atomic E-state index is -0.631. The quantitative estimate of drug-likeness (QED) is 0.836. The third-order valence-corrected chi connectivity index (χ3v) is 4.39. The fraction of sp³-hybridized carbons (Fsp3) is 0.444. The number of carbonyl (C=O) groups is 1. The van der Waals surface area contributed by atoms with Crippen molar-refractivity contribution in [2.75, 3.05) is 0 Å². The maximum absolute atomic E-state index is 12.3. The summed E-state index contributed by atoms with van der Waals surface area (Å²) in [6.07, 6.45) is 3.04. The summed E-state index contributed by atoms with van der Waals surface area (Å²) in [5.74, 6) is 0.343. The first-order valence-corrected chi connectivity index (χ1v) is 8.28. The highest BCUT2D eigenvalue weighted by molar-refractivity contribution is 5.81. The van der Waals surface area contributed by atoms with E-state index in [1.54, 1.807) is 31.2 Å². The largest absolute Gasteiger partial charge is 0.481 e. The van der Waals surface area contributed by atoms with Crippen LogP contribution in [0, 0.1) is 0 Å². The predicted molar refractivity (Wildman–Crippen MR) is 90.9 cm³/mol. The number of nitrogens with one attached hydrogen (secondary N) is 1. The van der Waals surface area contributed by atoms with Crippen LogP contribution < -0.4 is 21.4 Å². The Hall–Kier alpha value is -2.34. The molecular weight excluding hydrogens is 308 g/mol. The molecule has 0 bridgehead atoms. The van der Waals surface area contributed by atoms with E-state index < -0.39 is 11.7 Å². The van der Waals surface area contributed by atoms with Crippen LogP contribution in [0.4, 0.5) is 0 Å². The second-order valence-corrected chi connectivity index (χ2v) is 6.33. The van der Waals surface area contributed by atoms with Crippen LogP contribution in [0.1, 0.15) is 32.6 Å². The first kappa shape index (κ1) is 16.5. The average molecular weight is 330 g/mol. The minimum absolute atomic E-state index is 0.148. The molecule has 0 radical (unpaired) electrons. The molecule has 1 atom stereocenters. The summed E-state index contributed by atoms with van der Waals surface area (Å²) in [6, 6.07) is 8.65. The Morgan fingerprint density at radius 1 is 1.25 bits per heavy atom. The van der Waals surface area contributed by atoms with Gasteiger partial charge in [0.2, 0.25) is 0 Å². The standard InChI is InChI=1S/C18H22N2O4/c1-11(18(22)20-14-6-4-13(19)5-7-14)23-15-8-2-12-3-9-17(21)24-16(12)10-15/h2-3,8-11,13-14H,4-7,19H2,1H3,(H,20,22). The van der Waals surface area contributed by atoms with Crippen molar-refractivity contribution in [3.05, 3.63) is 40.8 Å². The van der Waals surface area contributed by atoms with Crippen LogP contribution in [0.3, 0.4) is 0 Å². The van der Waals surface area contributed by atoms with E-state index >= 15 is 0 Å². The summed E-state index contributed by atoms with van der Waals surface area (Å²) < 4.78 is 10.8. The van der Waals surface area contributed by atoms with Gasteiger partial charge in [-0.1, -0.05) is 0 Å². The first-order chi connectivity index (χ1) is 11.5. The molecule has 0 saturated heterocycles. The Kier molecular flexibility index (Phi) is 4.85. The van der Waals surface area contributed by atoms with Gasteiger partial charge in [0.05, 0.1) is 0 Å². The summed E-state index contributed by atoms with van der Waals surface area (Å²) in [4.78, 5) is 23.6. The maximum Gasteiger partial charge on any atom is 0.336 e. The second-order valence-electron chi connectivity index (χ2n) is 6.33. The van der Waals surface area contributed by atoms with E-state index in [2.05, 4.69) is 5.32 Å². The molecule has 1 aromatic carbocycles. The molecule has 2 aromatic rings. The number of carbonyl (C=O) groups excluding carboxylic acids is 1. The Labute approximate surface area is 140 Å². The molecule has 128 valence electrons. The second kappa shape index (κ2) is 7.05. The van der Waals surface area contributed by atoms with Gasteiger partial charge in [-0.25, -0.2) is 4.79 Å². The number of amides is 1. The van der Waals surface area contributed by atoms with Crippen molar-refractivity contribution in [3.63, 3.8) is 0 Å². The van der Waals surface area contributed by atoms with Crippen LogP contribution in [-0.2, 0) is 4.79 Å². The number of nitrogens with two attached hydrogens (primary N) is 1. The molecule has 0 aliphatic heterocycles. The van der Waals surface area contributed by atoms with Crippen LogP contribution in [0.5, 0.6) is 5.75 Å². The summed E-state index contributed by atoms with van der Waals surface area (Å²) in [5.41, 5.74) is 5.90.